The highest BCUT2D eigenvalue weighted by atomic mass is 16.5. The third kappa shape index (κ3) is 4.20. The smallest absolute Gasteiger partial charge is 0.224 e. The Labute approximate surface area is 254 Å². The standard InChI is InChI=1S/C35H49NO7/c1-31-10-7-23(38)17-33(31)13-14-35(26(18-33)30(40)27-6-4-16-43-27)28(31)8-11-32(2)29(35)9-12-34(32,41)22-36(19-24(39)21-37)20-25-5-3-15-42-25/h4,6,13-14,16,18,23-25,28-29,37-39,41H,3,5,7-12,15,17,19-22H2,1-2H3/t23?,24-,25+,28+,29+,31+,32-,33-,34+,35+/m0/s1. The topological polar surface area (TPSA) is 124 Å². The molecular formula is C35H49NO7. The van der Waals surface area contributed by atoms with Crippen LogP contribution in [-0.4, -0.2) is 87.9 Å². The Bertz CT molecular complexity index is 1290. The van der Waals surface area contributed by atoms with E-state index in [-0.39, 0.29) is 47.7 Å². The molecule has 43 heavy (non-hydrogen) atoms. The molecule has 2 spiro atoms. The Kier molecular flexibility index (Phi) is 7.20. The largest absolute Gasteiger partial charge is 0.461 e. The number of carbonyl (C=O) groups excluding carboxylic acids is 1. The summed E-state index contributed by atoms with van der Waals surface area (Å²) in [5.41, 5.74) is -1.73. The van der Waals surface area contributed by atoms with E-state index in [0.717, 1.165) is 57.1 Å². The van der Waals surface area contributed by atoms with E-state index >= 15 is 0 Å². The van der Waals surface area contributed by atoms with E-state index in [9.17, 15) is 25.2 Å². The van der Waals surface area contributed by atoms with Crippen molar-refractivity contribution in [2.75, 3.05) is 32.8 Å². The van der Waals surface area contributed by atoms with Gasteiger partial charge >= 0.3 is 0 Å². The molecule has 8 rings (SSSR count). The molecule has 2 heterocycles. The highest BCUT2D eigenvalue weighted by Gasteiger charge is 2.74. The van der Waals surface area contributed by atoms with Crippen molar-refractivity contribution in [3.63, 3.8) is 0 Å². The lowest BCUT2D eigenvalue weighted by Gasteiger charge is -2.71. The van der Waals surface area contributed by atoms with Crippen LogP contribution in [0.4, 0.5) is 0 Å². The number of rotatable bonds is 9. The first-order valence-corrected chi connectivity index (χ1v) is 16.6. The van der Waals surface area contributed by atoms with Gasteiger partial charge in [-0.2, -0.15) is 0 Å². The predicted octanol–water partition coefficient (Wildman–Crippen LogP) is 3.89. The number of furan rings is 1. The summed E-state index contributed by atoms with van der Waals surface area (Å²) in [4.78, 5) is 16.4. The van der Waals surface area contributed by atoms with Crippen molar-refractivity contribution in [1.29, 1.82) is 0 Å². The highest BCUT2D eigenvalue weighted by molar-refractivity contribution is 6.08. The fourth-order valence-electron chi connectivity index (χ4n) is 11.1. The van der Waals surface area contributed by atoms with Crippen LogP contribution in [0.25, 0.3) is 0 Å². The predicted molar refractivity (Wildman–Crippen MR) is 160 cm³/mol. The van der Waals surface area contributed by atoms with Gasteiger partial charge in [0, 0.05) is 48.1 Å². The molecule has 8 heteroatoms. The number of ketones is 1. The molecule has 10 atom stereocenters. The first-order chi connectivity index (χ1) is 20.5. The van der Waals surface area contributed by atoms with Crippen LogP contribution in [0.5, 0.6) is 0 Å². The van der Waals surface area contributed by atoms with Crippen LogP contribution in [0.3, 0.4) is 0 Å². The van der Waals surface area contributed by atoms with E-state index in [1.807, 2.05) is 0 Å². The summed E-state index contributed by atoms with van der Waals surface area (Å²) in [5, 5.41) is 43.7. The summed E-state index contributed by atoms with van der Waals surface area (Å²) >= 11 is 0. The Morgan fingerprint density at radius 2 is 1.86 bits per heavy atom. The summed E-state index contributed by atoms with van der Waals surface area (Å²) in [6.45, 7) is 6.30. The number of fused-ring (bicyclic) bond motifs is 1. The number of nitrogens with zero attached hydrogens (tertiary/aromatic N) is 1. The lowest BCUT2D eigenvalue weighted by atomic mass is 9.32. The summed E-state index contributed by atoms with van der Waals surface area (Å²) < 4.78 is 11.6. The number of hydrogen-bond donors (Lipinski definition) is 4. The summed E-state index contributed by atoms with van der Waals surface area (Å²) in [5.74, 6) is 0.526. The van der Waals surface area contributed by atoms with Gasteiger partial charge in [0.05, 0.1) is 36.8 Å². The molecule has 236 valence electrons. The maximum atomic E-state index is 14.3. The van der Waals surface area contributed by atoms with Crippen LogP contribution in [0, 0.1) is 33.5 Å². The van der Waals surface area contributed by atoms with Gasteiger partial charge in [-0.1, -0.05) is 32.1 Å². The highest BCUT2D eigenvalue weighted by Crippen LogP contribution is 2.78. The van der Waals surface area contributed by atoms with Crippen molar-refractivity contribution in [2.45, 2.75) is 95.5 Å². The second-order valence-corrected chi connectivity index (χ2v) is 15.3. The quantitative estimate of drug-likeness (QED) is 0.251. The number of aliphatic hydroxyl groups is 4. The minimum absolute atomic E-state index is 0.0412. The van der Waals surface area contributed by atoms with Crippen molar-refractivity contribution < 1.29 is 34.4 Å². The van der Waals surface area contributed by atoms with Gasteiger partial charge in [0.1, 0.15) is 0 Å². The second kappa shape index (κ2) is 10.4. The van der Waals surface area contributed by atoms with Gasteiger partial charge in [0.2, 0.25) is 5.78 Å². The number of Topliss-reactive ketones (excluding diaryl/α,β-unsaturated/α-hetero) is 1. The minimum atomic E-state index is -1.03. The molecule has 3 saturated carbocycles. The van der Waals surface area contributed by atoms with Crippen LogP contribution in [-0.2, 0) is 4.74 Å². The molecule has 0 radical (unpaired) electrons. The maximum absolute atomic E-state index is 14.3. The Hall–Kier alpha value is -1.81. The first kappa shape index (κ1) is 29.9. The Balaban J connectivity index is 1.28. The lowest BCUT2D eigenvalue weighted by Crippen LogP contribution is -2.67. The zero-order valence-electron chi connectivity index (χ0n) is 25.7. The molecule has 7 aliphatic rings. The van der Waals surface area contributed by atoms with E-state index < -0.39 is 28.6 Å². The molecule has 8 nitrogen and oxygen atoms in total. The number of ether oxygens (including phenoxy) is 1. The molecule has 6 aliphatic carbocycles. The third-order valence-electron chi connectivity index (χ3n) is 13.4. The number of carbonyl (C=O) groups is 1. The fraction of sp³-hybridized carbons (Fsp3) is 0.743. The zero-order valence-corrected chi connectivity index (χ0v) is 25.7. The molecule has 1 aromatic heterocycles. The molecule has 0 aromatic carbocycles. The molecule has 1 aliphatic heterocycles. The van der Waals surface area contributed by atoms with Crippen LogP contribution >= 0.6 is 0 Å². The van der Waals surface area contributed by atoms with Gasteiger partial charge in [-0.05, 0) is 87.2 Å². The number of aliphatic hydroxyl groups excluding tert-OH is 3. The van der Waals surface area contributed by atoms with Gasteiger partial charge < -0.3 is 29.6 Å². The molecule has 1 unspecified atom stereocenters. The SMILES string of the molecule is C[C@]12CC[C@H]3[C@]4(C=C[C@@]5(C=C4C(=O)c4ccco4)CC(O)CC[C@]35C)[C@@H]1CC[C@@]2(O)CN(C[C@H](O)CO)C[C@H]1CCCO1. The van der Waals surface area contributed by atoms with Crippen molar-refractivity contribution in [3.05, 3.63) is 48.0 Å². The third-order valence-corrected chi connectivity index (χ3v) is 13.4. The molecule has 4 N–H and O–H groups in total. The number of hydrogen-bond acceptors (Lipinski definition) is 8. The summed E-state index contributed by atoms with van der Waals surface area (Å²) in [6.07, 6.45) is 14.6. The van der Waals surface area contributed by atoms with E-state index in [2.05, 4.69) is 37.0 Å². The molecule has 2 bridgehead atoms. The van der Waals surface area contributed by atoms with Gasteiger partial charge in [-0.3, -0.25) is 9.69 Å². The normalized spacial score (nSPS) is 45.5. The minimum Gasteiger partial charge on any atom is -0.461 e. The lowest BCUT2D eigenvalue weighted by molar-refractivity contribution is -0.177. The molecular weight excluding hydrogens is 546 g/mol. The Morgan fingerprint density at radius 1 is 1.09 bits per heavy atom. The zero-order chi connectivity index (χ0) is 30.3. The molecule has 1 saturated heterocycles. The van der Waals surface area contributed by atoms with Gasteiger partial charge in [0.25, 0.3) is 0 Å². The fourth-order valence-corrected chi connectivity index (χ4v) is 11.1. The van der Waals surface area contributed by atoms with Gasteiger partial charge in [-0.15, -0.1) is 0 Å². The second-order valence-electron chi connectivity index (χ2n) is 15.3. The van der Waals surface area contributed by atoms with Gasteiger partial charge in [-0.25, -0.2) is 0 Å². The van der Waals surface area contributed by atoms with E-state index in [4.69, 9.17) is 9.15 Å². The van der Waals surface area contributed by atoms with E-state index in [0.29, 0.717) is 31.7 Å². The average molecular weight is 596 g/mol. The van der Waals surface area contributed by atoms with Crippen molar-refractivity contribution in [2.24, 2.45) is 33.5 Å². The first-order valence-electron chi connectivity index (χ1n) is 16.6. The summed E-state index contributed by atoms with van der Waals surface area (Å²) in [6, 6.07) is 3.51. The summed E-state index contributed by atoms with van der Waals surface area (Å²) in [7, 11) is 0. The van der Waals surface area contributed by atoms with E-state index in [1.165, 1.54) is 0 Å². The van der Waals surface area contributed by atoms with Crippen molar-refractivity contribution >= 4 is 5.78 Å². The molecule has 0 amide bonds. The monoisotopic (exact) mass is 595 g/mol. The van der Waals surface area contributed by atoms with Crippen LogP contribution in [0.2, 0.25) is 0 Å². The van der Waals surface area contributed by atoms with Crippen LogP contribution in [0.1, 0.15) is 82.2 Å². The van der Waals surface area contributed by atoms with E-state index in [1.54, 1.807) is 18.4 Å². The van der Waals surface area contributed by atoms with Crippen LogP contribution < -0.4 is 0 Å². The Morgan fingerprint density at radius 3 is 2.58 bits per heavy atom. The van der Waals surface area contributed by atoms with Crippen molar-refractivity contribution in [1.82, 2.24) is 4.90 Å². The number of allylic oxidation sites excluding steroid dienone is 4. The average Bonchev–Trinajstić information content (AvgIpc) is 3.75. The molecule has 4 fully saturated rings. The van der Waals surface area contributed by atoms with Gasteiger partial charge in [0.15, 0.2) is 5.76 Å². The van der Waals surface area contributed by atoms with Crippen molar-refractivity contribution in [3.8, 4) is 0 Å². The molecule has 1 aromatic rings. The van der Waals surface area contributed by atoms with Crippen LogP contribution in [0.15, 0.2) is 46.6 Å². The maximum Gasteiger partial charge on any atom is 0.224 e.